The van der Waals surface area contributed by atoms with Crippen molar-refractivity contribution in [2.75, 3.05) is 0 Å². The highest BCUT2D eigenvalue weighted by Crippen LogP contribution is 2.07. The number of rotatable bonds is 4. The van der Waals surface area contributed by atoms with E-state index in [1.54, 1.807) is 12.1 Å². The third-order valence-electron chi connectivity index (χ3n) is 2.88. The van der Waals surface area contributed by atoms with E-state index in [2.05, 4.69) is 4.98 Å². The van der Waals surface area contributed by atoms with Gasteiger partial charge in [0.05, 0.1) is 6.54 Å². The Hall–Kier alpha value is -2.50. The second-order valence-corrected chi connectivity index (χ2v) is 4.51. The van der Waals surface area contributed by atoms with Gasteiger partial charge in [0.25, 0.3) is 5.56 Å². The Morgan fingerprint density at radius 1 is 1.30 bits per heavy atom. The first-order valence-corrected chi connectivity index (χ1v) is 6.03. The van der Waals surface area contributed by atoms with E-state index in [0.717, 1.165) is 4.57 Å². The normalized spacial score (nSPS) is 10.5. The molecule has 1 aromatic heterocycles. The average molecular weight is 276 g/mol. The molecule has 0 saturated heterocycles. The van der Waals surface area contributed by atoms with Crippen LogP contribution in [0.2, 0.25) is 0 Å². The van der Waals surface area contributed by atoms with Crippen LogP contribution in [0.25, 0.3) is 0 Å². The number of nitrogens with one attached hydrogen (secondary N) is 1. The summed E-state index contributed by atoms with van der Waals surface area (Å²) < 4.78 is 14.5. The van der Waals surface area contributed by atoms with Gasteiger partial charge in [0, 0.05) is 18.2 Å². The Morgan fingerprint density at radius 2 is 2.00 bits per heavy atom. The zero-order valence-corrected chi connectivity index (χ0v) is 10.9. The fraction of sp³-hybridized carbons (Fsp3) is 0.214. The second kappa shape index (κ2) is 5.64. The molecular weight excluding hydrogens is 263 g/mol. The minimum absolute atomic E-state index is 0.0999. The molecule has 1 heterocycles. The Morgan fingerprint density at radius 3 is 2.70 bits per heavy atom. The molecule has 5 nitrogen and oxygen atoms in total. The predicted molar refractivity (Wildman–Crippen MR) is 71.2 cm³/mol. The molecule has 0 aliphatic carbocycles. The number of carbonyl (C=O) groups excluding carboxylic acids is 1. The monoisotopic (exact) mass is 276 g/mol. The summed E-state index contributed by atoms with van der Waals surface area (Å²) >= 11 is 0. The topological polar surface area (TPSA) is 71.9 Å². The van der Waals surface area contributed by atoms with Crippen molar-refractivity contribution in [3.05, 3.63) is 68.2 Å². The van der Waals surface area contributed by atoms with Crippen LogP contribution < -0.4 is 11.2 Å². The summed E-state index contributed by atoms with van der Waals surface area (Å²) in [6.45, 7) is 1.33. The van der Waals surface area contributed by atoms with Crippen LogP contribution in [0.4, 0.5) is 4.39 Å². The van der Waals surface area contributed by atoms with Crippen LogP contribution >= 0.6 is 0 Å². The first kappa shape index (κ1) is 13.9. The van der Waals surface area contributed by atoms with E-state index in [9.17, 15) is 18.8 Å². The number of nitrogens with zero attached hydrogens (tertiary/aromatic N) is 1. The first-order chi connectivity index (χ1) is 9.47. The Bertz CT molecular complexity index is 761. The molecule has 2 aromatic rings. The quantitative estimate of drug-likeness (QED) is 0.897. The molecule has 1 aromatic carbocycles. The molecule has 0 bridgehead atoms. The van der Waals surface area contributed by atoms with Crippen molar-refractivity contribution in [1.82, 2.24) is 9.55 Å². The smallest absolute Gasteiger partial charge is 0.297 e. The highest BCUT2D eigenvalue weighted by atomic mass is 19.1. The van der Waals surface area contributed by atoms with E-state index in [1.165, 1.54) is 25.3 Å². The van der Waals surface area contributed by atoms with E-state index in [4.69, 9.17) is 0 Å². The fourth-order valence-corrected chi connectivity index (χ4v) is 1.84. The lowest BCUT2D eigenvalue weighted by molar-refractivity contribution is -0.119. The molecule has 0 amide bonds. The summed E-state index contributed by atoms with van der Waals surface area (Å²) in [7, 11) is 0. The molecule has 6 heteroatoms. The van der Waals surface area contributed by atoms with Crippen LogP contribution in [0.1, 0.15) is 11.1 Å². The second-order valence-electron chi connectivity index (χ2n) is 4.51. The number of hydrogen-bond donors (Lipinski definition) is 1. The van der Waals surface area contributed by atoms with Gasteiger partial charge in [-0.1, -0.05) is 18.2 Å². The summed E-state index contributed by atoms with van der Waals surface area (Å²) in [5.74, 6) is -0.769. The maximum atomic E-state index is 13.4. The Balaban J connectivity index is 2.17. The third-order valence-corrected chi connectivity index (χ3v) is 2.88. The van der Waals surface area contributed by atoms with Crippen LogP contribution in [-0.4, -0.2) is 15.3 Å². The van der Waals surface area contributed by atoms with Crippen molar-refractivity contribution in [1.29, 1.82) is 0 Å². The molecule has 0 spiro atoms. The van der Waals surface area contributed by atoms with E-state index in [-0.39, 0.29) is 24.3 Å². The number of halogens is 1. The molecular formula is C14H13FN2O3. The van der Waals surface area contributed by atoms with Gasteiger partial charge in [0.2, 0.25) is 0 Å². The van der Waals surface area contributed by atoms with Gasteiger partial charge in [-0.3, -0.25) is 19.1 Å². The maximum absolute atomic E-state index is 13.4. The van der Waals surface area contributed by atoms with Gasteiger partial charge in [-0.2, -0.15) is 0 Å². The number of aryl methyl sites for hydroxylation is 1. The van der Waals surface area contributed by atoms with Gasteiger partial charge < -0.3 is 0 Å². The molecule has 20 heavy (non-hydrogen) atoms. The number of H-pyrrole nitrogens is 1. The SMILES string of the molecule is Cc1cn(CC(=O)Cc2ccccc2F)c(=O)[nH]c1=O. The van der Waals surface area contributed by atoms with E-state index in [0.29, 0.717) is 5.56 Å². The zero-order valence-electron chi connectivity index (χ0n) is 10.9. The number of benzene rings is 1. The lowest BCUT2D eigenvalue weighted by Crippen LogP contribution is -2.33. The van der Waals surface area contributed by atoms with Crippen molar-refractivity contribution in [2.24, 2.45) is 0 Å². The summed E-state index contributed by atoms with van der Waals surface area (Å²) in [4.78, 5) is 36.7. The lowest BCUT2D eigenvalue weighted by atomic mass is 10.1. The molecule has 0 radical (unpaired) electrons. The summed E-state index contributed by atoms with van der Waals surface area (Å²) in [5, 5.41) is 0. The molecule has 0 unspecified atom stereocenters. The summed E-state index contributed by atoms with van der Waals surface area (Å²) in [5.41, 5.74) is -0.509. The van der Waals surface area contributed by atoms with E-state index >= 15 is 0 Å². The van der Waals surface area contributed by atoms with Crippen LogP contribution in [-0.2, 0) is 17.8 Å². The highest BCUT2D eigenvalue weighted by Gasteiger charge is 2.10. The van der Waals surface area contributed by atoms with E-state index in [1.807, 2.05) is 0 Å². The van der Waals surface area contributed by atoms with Gasteiger partial charge in [0.15, 0.2) is 5.78 Å². The van der Waals surface area contributed by atoms with Crippen molar-refractivity contribution in [3.8, 4) is 0 Å². The van der Waals surface area contributed by atoms with Crippen molar-refractivity contribution in [2.45, 2.75) is 19.9 Å². The highest BCUT2D eigenvalue weighted by molar-refractivity contribution is 5.80. The van der Waals surface area contributed by atoms with Crippen LogP contribution in [0.3, 0.4) is 0 Å². The number of carbonyl (C=O) groups is 1. The molecule has 1 N–H and O–H groups in total. The van der Waals surface area contributed by atoms with Gasteiger partial charge in [-0.25, -0.2) is 9.18 Å². The van der Waals surface area contributed by atoms with Gasteiger partial charge in [-0.05, 0) is 18.6 Å². The van der Waals surface area contributed by atoms with Gasteiger partial charge in [-0.15, -0.1) is 0 Å². The first-order valence-electron chi connectivity index (χ1n) is 6.03. The van der Waals surface area contributed by atoms with Crippen LogP contribution in [0.5, 0.6) is 0 Å². The minimum Gasteiger partial charge on any atom is -0.297 e. The molecule has 2 rings (SSSR count). The molecule has 0 atom stereocenters. The fourth-order valence-electron chi connectivity index (χ4n) is 1.84. The lowest BCUT2D eigenvalue weighted by Gasteiger charge is -2.06. The molecule has 104 valence electrons. The standard InChI is InChI=1S/C14H13FN2O3/c1-9-7-17(14(20)16-13(9)19)8-11(18)6-10-4-2-3-5-12(10)15/h2-5,7H,6,8H2,1H3,(H,16,19,20). The third kappa shape index (κ3) is 3.09. The van der Waals surface area contributed by atoms with Crippen LogP contribution in [0.15, 0.2) is 40.1 Å². The molecule has 0 aliphatic heterocycles. The molecule has 0 fully saturated rings. The molecule has 0 saturated carbocycles. The Labute approximate surface area is 113 Å². The Kier molecular flexibility index (Phi) is 3.93. The number of ketones is 1. The van der Waals surface area contributed by atoms with Crippen molar-refractivity contribution in [3.63, 3.8) is 0 Å². The largest absolute Gasteiger partial charge is 0.328 e. The number of aromatic amines is 1. The minimum atomic E-state index is -0.650. The summed E-state index contributed by atoms with van der Waals surface area (Å²) in [6.07, 6.45) is 1.22. The van der Waals surface area contributed by atoms with Crippen molar-refractivity contribution < 1.29 is 9.18 Å². The summed E-state index contributed by atoms with van der Waals surface area (Å²) in [6, 6.07) is 5.98. The number of Topliss-reactive ketones (excluding diaryl/α,β-unsaturated/α-hetero) is 1. The zero-order chi connectivity index (χ0) is 14.7. The molecule has 0 aliphatic rings. The van der Waals surface area contributed by atoms with Gasteiger partial charge in [0.1, 0.15) is 5.82 Å². The predicted octanol–water partition coefficient (Wildman–Crippen LogP) is 0.796. The average Bonchev–Trinajstić information content (AvgIpc) is 2.39. The number of aromatic nitrogens is 2. The maximum Gasteiger partial charge on any atom is 0.328 e. The van der Waals surface area contributed by atoms with Gasteiger partial charge >= 0.3 is 5.69 Å². The van der Waals surface area contributed by atoms with Crippen molar-refractivity contribution >= 4 is 5.78 Å². The number of hydrogen-bond acceptors (Lipinski definition) is 3. The van der Waals surface area contributed by atoms with Crippen LogP contribution in [0, 0.1) is 12.7 Å². The van der Waals surface area contributed by atoms with E-state index < -0.39 is 17.1 Å².